The summed E-state index contributed by atoms with van der Waals surface area (Å²) in [6, 6.07) is 15.3. The molecular formula is C35H42F8N4+4. The summed E-state index contributed by atoms with van der Waals surface area (Å²) in [5.41, 5.74) is 4.01. The van der Waals surface area contributed by atoms with E-state index in [1.807, 2.05) is 53.6 Å². The maximum Gasteiger partial charge on any atom is 0.453 e. The zero-order valence-electron chi connectivity index (χ0n) is 26.6. The first kappa shape index (κ1) is 37.5. The Morgan fingerprint density at radius 1 is 0.426 bits per heavy atom. The molecule has 4 rings (SSSR count). The van der Waals surface area contributed by atoms with Crippen molar-refractivity contribution in [2.24, 2.45) is 0 Å². The number of aryl methyl sites for hydroxylation is 4. The van der Waals surface area contributed by atoms with E-state index in [1.165, 1.54) is 23.4 Å². The van der Waals surface area contributed by atoms with Crippen molar-refractivity contribution in [2.75, 3.05) is 0 Å². The maximum atomic E-state index is 12.9. The molecule has 0 aliphatic rings. The van der Waals surface area contributed by atoms with Gasteiger partial charge in [0.15, 0.2) is 56.1 Å². The topological polar surface area (TPSA) is 15.5 Å². The van der Waals surface area contributed by atoms with Gasteiger partial charge in [-0.2, -0.15) is 35.1 Å². The quantitative estimate of drug-likeness (QED) is 0.101. The predicted molar refractivity (Wildman–Crippen MR) is 161 cm³/mol. The summed E-state index contributed by atoms with van der Waals surface area (Å²) in [6.45, 7) is 6.17. The van der Waals surface area contributed by atoms with Crippen LogP contribution in [0, 0.1) is 0 Å². The second-order valence-electron chi connectivity index (χ2n) is 11.3. The van der Waals surface area contributed by atoms with Crippen molar-refractivity contribution in [1.82, 2.24) is 0 Å². The molecule has 0 saturated carbocycles. The van der Waals surface area contributed by atoms with E-state index in [0.717, 1.165) is 48.2 Å². The van der Waals surface area contributed by atoms with Crippen LogP contribution in [-0.2, 0) is 26.2 Å². The van der Waals surface area contributed by atoms with Crippen LogP contribution >= 0.6 is 0 Å². The summed E-state index contributed by atoms with van der Waals surface area (Å²) >= 11 is 0. The van der Waals surface area contributed by atoms with E-state index in [4.69, 9.17) is 0 Å². The molecule has 4 aromatic rings. The molecule has 4 aromatic heterocycles. The number of halogens is 8. The minimum atomic E-state index is -5.51. The molecule has 0 aromatic carbocycles. The summed E-state index contributed by atoms with van der Waals surface area (Å²) in [4.78, 5) is 0. The van der Waals surface area contributed by atoms with Crippen molar-refractivity contribution in [3.05, 3.63) is 98.1 Å². The smallest absolute Gasteiger partial charge is 0.205 e. The van der Waals surface area contributed by atoms with Gasteiger partial charge in [0.1, 0.15) is 19.6 Å². The highest BCUT2D eigenvalue weighted by molar-refractivity contribution is 5.61. The molecule has 4 nitrogen and oxygen atoms in total. The monoisotopic (exact) mass is 670 g/mol. The lowest BCUT2D eigenvalue weighted by atomic mass is 10.1. The van der Waals surface area contributed by atoms with E-state index in [1.54, 1.807) is 16.7 Å². The van der Waals surface area contributed by atoms with Crippen molar-refractivity contribution < 1.29 is 53.4 Å². The van der Waals surface area contributed by atoms with Gasteiger partial charge in [0, 0.05) is 74.2 Å². The van der Waals surface area contributed by atoms with Crippen LogP contribution in [-0.4, -0.2) is 18.3 Å². The molecule has 4 heterocycles. The van der Waals surface area contributed by atoms with Crippen LogP contribution in [0.2, 0.25) is 0 Å². The van der Waals surface area contributed by atoms with Crippen LogP contribution in [0.4, 0.5) is 35.1 Å². The normalized spacial score (nSPS) is 12.0. The number of aromatic nitrogens is 4. The minimum Gasteiger partial charge on any atom is -0.205 e. The molecule has 0 amide bonds. The molecule has 0 saturated heterocycles. The molecule has 0 fully saturated rings. The van der Waals surface area contributed by atoms with E-state index in [0.29, 0.717) is 6.54 Å². The molecule has 254 valence electrons. The van der Waals surface area contributed by atoms with Gasteiger partial charge >= 0.3 is 18.3 Å². The summed E-state index contributed by atoms with van der Waals surface area (Å²) in [6.07, 6.45) is 6.59. The molecule has 0 N–H and O–H groups in total. The number of hydrogen-bond acceptors (Lipinski definition) is 0. The first-order chi connectivity index (χ1) is 22.2. The molecule has 12 heteroatoms. The van der Waals surface area contributed by atoms with E-state index < -0.39 is 37.7 Å². The zero-order chi connectivity index (χ0) is 34.5. The fraction of sp³-hybridized carbons (Fsp3) is 0.429. The fourth-order valence-corrected chi connectivity index (χ4v) is 4.67. The van der Waals surface area contributed by atoms with Crippen molar-refractivity contribution in [2.45, 2.75) is 96.8 Å². The average Bonchev–Trinajstić information content (AvgIpc) is 3.03. The lowest BCUT2D eigenvalue weighted by molar-refractivity contribution is -0.700. The van der Waals surface area contributed by atoms with E-state index in [2.05, 4.69) is 42.9 Å². The molecule has 0 spiro atoms. The first-order valence-electron chi connectivity index (χ1n) is 15.7. The van der Waals surface area contributed by atoms with Gasteiger partial charge in [-0.05, 0) is 22.3 Å². The van der Waals surface area contributed by atoms with Crippen LogP contribution in [0.25, 0.3) is 22.3 Å². The van der Waals surface area contributed by atoms with Gasteiger partial charge < -0.3 is 0 Å². The SMILES string of the molecule is CCCC[n+]1ccc(-c2cc[n+](CCCC(F)(F)F)cc2)cc1.CCC[n+]1ccc(-c2cc[n+](CCC(F)(F)C(F)(F)F)cc2)cc1. The van der Waals surface area contributed by atoms with Gasteiger partial charge in [-0.1, -0.05) is 20.3 Å². The van der Waals surface area contributed by atoms with E-state index in [9.17, 15) is 35.1 Å². The minimum absolute atomic E-state index is 0.107. The van der Waals surface area contributed by atoms with Gasteiger partial charge in [0.25, 0.3) is 0 Å². The Morgan fingerprint density at radius 3 is 1.09 bits per heavy atom. The third kappa shape index (κ3) is 12.6. The highest BCUT2D eigenvalue weighted by atomic mass is 19.4. The van der Waals surface area contributed by atoms with Crippen molar-refractivity contribution in [3.8, 4) is 22.3 Å². The number of pyridine rings is 4. The Hall–Kier alpha value is -3.96. The van der Waals surface area contributed by atoms with Crippen molar-refractivity contribution in [1.29, 1.82) is 0 Å². The molecule has 0 radical (unpaired) electrons. The summed E-state index contributed by atoms with van der Waals surface area (Å²) < 4.78 is 106. The standard InChI is InChI=1S/C18H23F3N2.C17H19F5N2/c1-2-3-10-22-12-5-16(6-13-22)17-7-14-23(15-8-17)11-4-9-18(19,20)21;1-2-8-23-9-3-14(4-10-23)15-5-11-24(12-6-15)13-7-16(18,19)17(20,21)22/h5-8,12-15H,2-4,9-11H2,1H3;3-6,9-12H,2,7-8,13H2,1H3/q2*+2. The lowest BCUT2D eigenvalue weighted by Crippen LogP contribution is -2.42. The van der Waals surface area contributed by atoms with E-state index >= 15 is 0 Å². The third-order valence-electron chi connectivity index (χ3n) is 7.46. The number of alkyl halides is 8. The Morgan fingerprint density at radius 2 is 0.766 bits per heavy atom. The Kier molecular flexibility index (Phi) is 13.8. The Labute approximate surface area is 270 Å². The maximum absolute atomic E-state index is 12.9. The Balaban J connectivity index is 0.000000256. The van der Waals surface area contributed by atoms with E-state index in [-0.39, 0.29) is 6.42 Å². The van der Waals surface area contributed by atoms with Crippen LogP contribution in [0.15, 0.2) is 98.1 Å². The zero-order valence-corrected chi connectivity index (χ0v) is 26.6. The second kappa shape index (κ2) is 17.3. The summed E-state index contributed by atoms with van der Waals surface area (Å²) in [7, 11) is 0. The second-order valence-corrected chi connectivity index (χ2v) is 11.3. The summed E-state index contributed by atoms with van der Waals surface area (Å²) in [5, 5.41) is 0. The van der Waals surface area contributed by atoms with Crippen molar-refractivity contribution in [3.63, 3.8) is 0 Å². The van der Waals surface area contributed by atoms with Crippen LogP contribution < -0.4 is 18.3 Å². The highest BCUT2D eigenvalue weighted by Crippen LogP contribution is 2.37. The van der Waals surface area contributed by atoms with Crippen LogP contribution in [0.1, 0.15) is 52.4 Å². The molecule has 0 atom stereocenters. The number of unbranched alkanes of at least 4 members (excludes halogenated alkanes) is 1. The highest BCUT2D eigenvalue weighted by Gasteiger charge is 2.57. The van der Waals surface area contributed by atoms with Gasteiger partial charge in [-0.25, -0.2) is 18.3 Å². The molecule has 0 bridgehead atoms. The third-order valence-corrected chi connectivity index (χ3v) is 7.46. The Bertz CT molecular complexity index is 1470. The number of nitrogens with zero attached hydrogens (tertiary/aromatic N) is 4. The molecule has 47 heavy (non-hydrogen) atoms. The lowest BCUT2D eigenvalue weighted by Gasteiger charge is -2.17. The predicted octanol–water partition coefficient (Wildman–Crippen LogP) is 8.00. The van der Waals surface area contributed by atoms with Gasteiger partial charge in [-0.15, -0.1) is 0 Å². The largest absolute Gasteiger partial charge is 0.453 e. The number of rotatable bonds is 13. The number of hydrogen-bond donors (Lipinski definition) is 0. The molecule has 0 aliphatic heterocycles. The first-order valence-corrected chi connectivity index (χ1v) is 15.7. The molecule has 0 aliphatic carbocycles. The van der Waals surface area contributed by atoms with Crippen LogP contribution in [0.5, 0.6) is 0 Å². The molecular weight excluding hydrogens is 628 g/mol. The van der Waals surface area contributed by atoms with Gasteiger partial charge in [0.2, 0.25) is 0 Å². The van der Waals surface area contributed by atoms with Gasteiger partial charge in [0.05, 0.1) is 6.42 Å². The fourth-order valence-electron chi connectivity index (χ4n) is 4.67. The summed E-state index contributed by atoms with van der Waals surface area (Å²) in [5.74, 6) is -4.68. The van der Waals surface area contributed by atoms with Gasteiger partial charge in [-0.3, -0.25) is 0 Å². The average molecular weight is 671 g/mol. The van der Waals surface area contributed by atoms with Crippen molar-refractivity contribution >= 4 is 0 Å². The molecule has 0 unspecified atom stereocenters. The van der Waals surface area contributed by atoms with Crippen LogP contribution in [0.3, 0.4) is 0 Å².